The highest BCUT2D eigenvalue weighted by atomic mass is 32.2. The number of hydrogen-bond donors (Lipinski definition) is 2. The molecule has 1 aromatic rings. The molecule has 0 bridgehead atoms. The molecule has 1 saturated carbocycles. The summed E-state index contributed by atoms with van der Waals surface area (Å²) in [7, 11) is -1.55. The smallest absolute Gasteiger partial charge is 0.241 e. The predicted molar refractivity (Wildman–Crippen MR) is 82.3 cm³/mol. The van der Waals surface area contributed by atoms with Crippen LogP contribution in [0, 0.1) is 0 Å². The minimum absolute atomic E-state index is 0.0878. The number of thiophene rings is 1. The summed E-state index contributed by atoms with van der Waals surface area (Å²) >= 11 is 3.31. The molecule has 19 heavy (non-hydrogen) atoms. The molecule has 0 radical (unpaired) electrons. The van der Waals surface area contributed by atoms with E-state index in [4.69, 9.17) is 0 Å². The lowest BCUT2D eigenvalue weighted by atomic mass is 10.3. The van der Waals surface area contributed by atoms with Gasteiger partial charge in [-0.15, -0.1) is 11.3 Å². The van der Waals surface area contributed by atoms with Gasteiger partial charge in [0.15, 0.2) is 0 Å². The first-order valence-electron chi connectivity index (χ1n) is 6.33. The maximum atomic E-state index is 12.4. The molecule has 0 amide bonds. The quantitative estimate of drug-likeness (QED) is 0.842. The first kappa shape index (κ1) is 15.3. The Bertz CT molecular complexity index is 513. The summed E-state index contributed by atoms with van der Waals surface area (Å²) in [6, 6.07) is 1.78. The Morgan fingerprint density at radius 2 is 2.26 bits per heavy atom. The van der Waals surface area contributed by atoms with Crippen LogP contribution in [-0.4, -0.2) is 33.0 Å². The Labute approximate surface area is 123 Å². The molecule has 1 aromatic heterocycles. The van der Waals surface area contributed by atoms with E-state index < -0.39 is 10.0 Å². The van der Waals surface area contributed by atoms with Gasteiger partial charge in [-0.3, -0.25) is 0 Å². The van der Waals surface area contributed by atoms with Crippen LogP contribution in [-0.2, 0) is 16.6 Å². The van der Waals surface area contributed by atoms with Gasteiger partial charge >= 0.3 is 0 Å². The highest BCUT2D eigenvalue weighted by Gasteiger charge is 2.29. The zero-order valence-corrected chi connectivity index (χ0v) is 13.6. The molecule has 1 fully saturated rings. The van der Waals surface area contributed by atoms with Crippen molar-refractivity contribution in [2.24, 2.45) is 0 Å². The van der Waals surface area contributed by atoms with Crippen molar-refractivity contribution in [2.75, 3.05) is 13.3 Å². The average molecular weight is 321 g/mol. The van der Waals surface area contributed by atoms with Crippen LogP contribution in [0.1, 0.15) is 24.1 Å². The van der Waals surface area contributed by atoms with Gasteiger partial charge in [-0.2, -0.15) is 11.8 Å². The van der Waals surface area contributed by atoms with Crippen LogP contribution in [0.25, 0.3) is 0 Å². The van der Waals surface area contributed by atoms with E-state index in [0.717, 1.165) is 24.1 Å². The van der Waals surface area contributed by atoms with Gasteiger partial charge in [0, 0.05) is 22.7 Å². The van der Waals surface area contributed by atoms with E-state index >= 15 is 0 Å². The SMILES string of the molecule is CNCc1sccc1S(=O)(=O)NC1CCC(SC)C1. The molecule has 0 aliphatic heterocycles. The van der Waals surface area contributed by atoms with Crippen LogP contribution in [0.5, 0.6) is 0 Å². The minimum Gasteiger partial charge on any atom is -0.315 e. The second-order valence-corrected chi connectivity index (χ2v) is 8.55. The third kappa shape index (κ3) is 3.72. The van der Waals surface area contributed by atoms with Crippen molar-refractivity contribution in [2.45, 2.75) is 42.0 Å². The van der Waals surface area contributed by atoms with Crippen LogP contribution in [0.2, 0.25) is 0 Å². The molecule has 2 N–H and O–H groups in total. The van der Waals surface area contributed by atoms with Crippen LogP contribution < -0.4 is 10.0 Å². The van der Waals surface area contributed by atoms with Gasteiger partial charge in [0.2, 0.25) is 10.0 Å². The van der Waals surface area contributed by atoms with Crippen LogP contribution in [0.4, 0.5) is 0 Å². The Morgan fingerprint density at radius 1 is 1.47 bits per heavy atom. The molecular formula is C12H20N2O2S3. The summed E-state index contributed by atoms with van der Waals surface area (Å²) in [6.45, 7) is 0.589. The number of sulfonamides is 1. The first-order valence-corrected chi connectivity index (χ1v) is 9.98. The Morgan fingerprint density at radius 3 is 2.89 bits per heavy atom. The molecular weight excluding hydrogens is 300 g/mol. The first-order chi connectivity index (χ1) is 9.06. The second kappa shape index (κ2) is 6.58. The van der Waals surface area contributed by atoms with Crippen LogP contribution in [0.15, 0.2) is 16.3 Å². The topological polar surface area (TPSA) is 58.2 Å². The van der Waals surface area contributed by atoms with Crippen molar-refractivity contribution in [3.63, 3.8) is 0 Å². The average Bonchev–Trinajstić information content (AvgIpc) is 2.98. The number of rotatable bonds is 6. The summed E-state index contributed by atoms with van der Waals surface area (Å²) in [5.41, 5.74) is 0. The van der Waals surface area contributed by atoms with E-state index in [-0.39, 0.29) is 6.04 Å². The molecule has 2 atom stereocenters. The van der Waals surface area contributed by atoms with E-state index in [9.17, 15) is 8.42 Å². The molecule has 2 rings (SSSR count). The van der Waals surface area contributed by atoms with E-state index in [1.165, 1.54) is 11.3 Å². The maximum Gasteiger partial charge on any atom is 0.241 e. The highest BCUT2D eigenvalue weighted by Crippen LogP contribution is 2.30. The number of hydrogen-bond acceptors (Lipinski definition) is 5. The highest BCUT2D eigenvalue weighted by molar-refractivity contribution is 7.99. The Kier molecular flexibility index (Phi) is 5.30. The van der Waals surface area contributed by atoms with Gasteiger partial charge in [0.25, 0.3) is 0 Å². The zero-order chi connectivity index (χ0) is 13.9. The molecule has 7 heteroatoms. The van der Waals surface area contributed by atoms with E-state index in [0.29, 0.717) is 16.7 Å². The van der Waals surface area contributed by atoms with E-state index in [1.54, 1.807) is 6.07 Å². The standard InChI is InChI=1S/C12H20N2O2S3/c1-13-8-11-12(5-6-18-11)19(15,16)14-9-3-4-10(7-9)17-2/h5-6,9-10,13-14H,3-4,7-8H2,1-2H3. The number of nitrogens with one attached hydrogen (secondary N) is 2. The molecule has 1 heterocycles. The lowest BCUT2D eigenvalue weighted by Gasteiger charge is -2.13. The van der Waals surface area contributed by atoms with Crippen LogP contribution in [0.3, 0.4) is 0 Å². The Balaban J connectivity index is 2.08. The summed E-state index contributed by atoms with van der Waals surface area (Å²) in [6.07, 6.45) is 5.06. The van der Waals surface area contributed by atoms with Crippen molar-refractivity contribution in [3.05, 3.63) is 16.3 Å². The van der Waals surface area contributed by atoms with Gasteiger partial charge in [-0.25, -0.2) is 13.1 Å². The molecule has 108 valence electrons. The van der Waals surface area contributed by atoms with Crippen molar-refractivity contribution in [3.8, 4) is 0 Å². The lowest BCUT2D eigenvalue weighted by Crippen LogP contribution is -2.33. The van der Waals surface area contributed by atoms with Crippen LogP contribution >= 0.6 is 23.1 Å². The fourth-order valence-corrected chi connectivity index (χ4v) is 5.94. The van der Waals surface area contributed by atoms with Gasteiger partial charge in [-0.1, -0.05) is 0 Å². The molecule has 2 unspecified atom stereocenters. The maximum absolute atomic E-state index is 12.4. The number of thioether (sulfide) groups is 1. The van der Waals surface area contributed by atoms with E-state index in [2.05, 4.69) is 16.3 Å². The van der Waals surface area contributed by atoms with Gasteiger partial charge < -0.3 is 5.32 Å². The van der Waals surface area contributed by atoms with Crippen molar-refractivity contribution in [1.82, 2.24) is 10.0 Å². The fraction of sp³-hybridized carbons (Fsp3) is 0.667. The summed E-state index contributed by atoms with van der Waals surface area (Å²) < 4.78 is 27.7. The van der Waals surface area contributed by atoms with Crippen molar-refractivity contribution >= 4 is 33.1 Å². The predicted octanol–water partition coefficient (Wildman–Crippen LogP) is 2.03. The van der Waals surface area contributed by atoms with Crippen molar-refractivity contribution in [1.29, 1.82) is 0 Å². The van der Waals surface area contributed by atoms with Gasteiger partial charge in [0.1, 0.15) is 0 Å². The minimum atomic E-state index is -3.37. The lowest BCUT2D eigenvalue weighted by molar-refractivity contribution is 0.551. The van der Waals surface area contributed by atoms with E-state index in [1.807, 2.05) is 24.2 Å². The molecule has 0 aromatic carbocycles. The molecule has 0 spiro atoms. The zero-order valence-electron chi connectivity index (χ0n) is 11.2. The third-order valence-electron chi connectivity index (χ3n) is 3.37. The van der Waals surface area contributed by atoms with Gasteiger partial charge in [-0.05, 0) is 44.0 Å². The van der Waals surface area contributed by atoms with Crippen molar-refractivity contribution < 1.29 is 8.42 Å². The summed E-state index contributed by atoms with van der Waals surface area (Å²) in [5.74, 6) is 0. The normalized spacial score (nSPS) is 23.9. The summed E-state index contributed by atoms with van der Waals surface area (Å²) in [4.78, 5) is 1.30. The second-order valence-electron chi connectivity index (χ2n) is 4.73. The molecule has 0 saturated heterocycles. The molecule has 4 nitrogen and oxygen atoms in total. The summed E-state index contributed by atoms with van der Waals surface area (Å²) in [5, 5.41) is 5.43. The third-order valence-corrected chi connectivity index (χ3v) is 7.12. The van der Waals surface area contributed by atoms with Gasteiger partial charge in [0.05, 0.1) is 4.90 Å². The molecule has 1 aliphatic carbocycles. The monoisotopic (exact) mass is 320 g/mol. The largest absolute Gasteiger partial charge is 0.315 e. The molecule has 1 aliphatic rings. The Hall–Kier alpha value is -0.0800. The fourth-order valence-electron chi connectivity index (χ4n) is 2.40.